The van der Waals surface area contributed by atoms with Gasteiger partial charge in [0.25, 0.3) is 0 Å². The Balaban J connectivity index is 2.83. The second kappa shape index (κ2) is 3.89. The topological polar surface area (TPSA) is 71.7 Å². The van der Waals surface area contributed by atoms with Crippen LogP contribution in [-0.2, 0) is 11.3 Å². The summed E-state index contributed by atoms with van der Waals surface area (Å²) in [5.74, 6) is -0.440. The summed E-state index contributed by atoms with van der Waals surface area (Å²) in [4.78, 5) is 10.9. The lowest BCUT2D eigenvalue weighted by atomic mass is 10.2. The van der Waals surface area contributed by atoms with E-state index in [1.165, 1.54) is 13.4 Å². The van der Waals surface area contributed by atoms with Crippen LogP contribution in [-0.4, -0.2) is 18.3 Å². The summed E-state index contributed by atoms with van der Waals surface area (Å²) in [6.45, 7) is 0.154. The van der Waals surface area contributed by atoms with Gasteiger partial charge in [0.1, 0.15) is 0 Å². The summed E-state index contributed by atoms with van der Waals surface area (Å²) in [6, 6.07) is 1.58. The fourth-order valence-electron chi connectivity index (χ4n) is 0.832. The summed E-state index contributed by atoms with van der Waals surface area (Å²) in [5.41, 5.74) is 2.48. The maximum Gasteiger partial charge on any atom is 0.374 e. The quantitative estimate of drug-likeness (QED) is 0.513. The van der Waals surface area contributed by atoms with Crippen molar-refractivity contribution in [3.8, 4) is 0 Å². The van der Waals surface area contributed by atoms with Crippen LogP contribution in [0.1, 0.15) is 16.1 Å². The molecule has 0 bridgehead atoms. The van der Waals surface area contributed by atoms with Crippen molar-refractivity contribution in [2.24, 2.45) is 0 Å². The first kappa shape index (κ1) is 8.76. The first-order valence-electron chi connectivity index (χ1n) is 3.31. The van der Waals surface area contributed by atoms with Crippen LogP contribution in [0.25, 0.3) is 0 Å². The first-order chi connectivity index (χ1) is 5.79. The number of ether oxygens (including phenoxy) is 1. The van der Waals surface area contributed by atoms with Crippen molar-refractivity contribution in [3.05, 3.63) is 23.7 Å². The first-order valence-corrected chi connectivity index (χ1v) is 3.31. The summed E-state index contributed by atoms with van der Waals surface area (Å²) in [7, 11) is 1.26. The van der Waals surface area contributed by atoms with Gasteiger partial charge in [0.2, 0.25) is 5.76 Å². The fourth-order valence-corrected chi connectivity index (χ4v) is 0.832. The lowest BCUT2D eigenvalue weighted by Crippen LogP contribution is -2.10. The second-order valence-electron chi connectivity index (χ2n) is 2.10. The molecule has 1 aromatic heterocycles. The Morgan fingerprint density at radius 1 is 1.83 bits per heavy atom. The molecule has 12 heavy (non-hydrogen) atoms. The van der Waals surface area contributed by atoms with E-state index in [-0.39, 0.29) is 12.3 Å². The largest absolute Gasteiger partial charge is 0.463 e. The van der Waals surface area contributed by atoms with E-state index in [1.807, 2.05) is 5.48 Å². The standard InChI is InChI=1S/C7H9NO4/c1-11-7(9)6-5(4-8-10)2-3-12-6/h2-3,8,10H,4H2,1H3. The van der Waals surface area contributed by atoms with Gasteiger partial charge < -0.3 is 14.4 Å². The van der Waals surface area contributed by atoms with Crippen molar-refractivity contribution in [1.82, 2.24) is 5.48 Å². The number of hydrogen-bond donors (Lipinski definition) is 2. The zero-order valence-corrected chi connectivity index (χ0v) is 6.53. The molecule has 0 aromatic carbocycles. The van der Waals surface area contributed by atoms with Crippen molar-refractivity contribution >= 4 is 5.97 Å². The minimum atomic E-state index is -0.551. The van der Waals surface area contributed by atoms with Gasteiger partial charge in [0.15, 0.2) is 0 Å². The third-order valence-electron chi connectivity index (χ3n) is 1.39. The van der Waals surface area contributed by atoms with E-state index >= 15 is 0 Å². The number of hydrogen-bond acceptors (Lipinski definition) is 5. The van der Waals surface area contributed by atoms with Crippen LogP contribution in [0.5, 0.6) is 0 Å². The number of methoxy groups -OCH3 is 1. The number of nitrogens with one attached hydrogen (secondary N) is 1. The van der Waals surface area contributed by atoms with Gasteiger partial charge in [0.05, 0.1) is 13.4 Å². The highest BCUT2D eigenvalue weighted by molar-refractivity contribution is 5.87. The number of hydroxylamine groups is 1. The van der Waals surface area contributed by atoms with E-state index in [0.29, 0.717) is 5.56 Å². The van der Waals surface area contributed by atoms with Crippen molar-refractivity contribution in [2.45, 2.75) is 6.54 Å². The van der Waals surface area contributed by atoms with Gasteiger partial charge in [-0.1, -0.05) is 0 Å². The molecule has 0 fully saturated rings. The molecule has 66 valence electrons. The van der Waals surface area contributed by atoms with Crippen LogP contribution in [0, 0.1) is 0 Å². The average molecular weight is 171 g/mol. The molecular formula is C7H9NO4. The van der Waals surface area contributed by atoms with Crippen LogP contribution >= 0.6 is 0 Å². The highest BCUT2D eigenvalue weighted by Crippen LogP contribution is 2.10. The molecule has 0 spiro atoms. The van der Waals surface area contributed by atoms with E-state index in [0.717, 1.165) is 0 Å². The predicted octanol–water partition coefficient (Wildman–Crippen LogP) is 0.545. The molecule has 0 aliphatic heterocycles. The lowest BCUT2D eigenvalue weighted by Gasteiger charge is -1.98. The Morgan fingerprint density at radius 2 is 2.58 bits per heavy atom. The predicted molar refractivity (Wildman–Crippen MR) is 38.7 cm³/mol. The SMILES string of the molecule is COC(=O)c1occc1CNO. The summed E-state index contributed by atoms with van der Waals surface area (Å²) < 4.78 is 9.28. The molecule has 0 aliphatic rings. The van der Waals surface area contributed by atoms with E-state index in [2.05, 4.69) is 4.74 Å². The molecule has 0 unspecified atom stereocenters. The lowest BCUT2D eigenvalue weighted by molar-refractivity contribution is 0.0561. The normalized spacial score (nSPS) is 9.83. The van der Waals surface area contributed by atoms with Gasteiger partial charge in [-0.15, -0.1) is 0 Å². The zero-order valence-electron chi connectivity index (χ0n) is 6.53. The Kier molecular flexibility index (Phi) is 2.84. The number of carbonyl (C=O) groups is 1. The van der Waals surface area contributed by atoms with Gasteiger partial charge in [-0.3, -0.25) is 0 Å². The maximum atomic E-state index is 10.9. The average Bonchev–Trinajstić information content (AvgIpc) is 2.52. The summed E-state index contributed by atoms with van der Waals surface area (Å²) >= 11 is 0. The molecule has 1 heterocycles. The van der Waals surface area contributed by atoms with Crippen molar-refractivity contribution < 1.29 is 19.2 Å². The van der Waals surface area contributed by atoms with Gasteiger partial charge >= 0.3 is 5.97 Å². The van der Waals surface area contributed by atoms with Gasteiger partial charge in [-0.2, -0.15) is 0 Å². The Morgan fingerprint density at radius 3 is 3.17 bits per heavy atom. The van der Waals surface area contributed by atoms with E-state index < -0.39 is 5.97 Å². The zero-order chi connectivity index (χ0) is 8.97. The molecule has 0 atom stereocenters. The molecule has 5 nitrogen and oxygen atoms in total. The fraction of sp³-hybridized carbons (Fsp3) is 0.286. The highest BCUT2D eigenvalue weighted by Gasteiger charge is 2.14. The minimum absolute atomic E-state index is 0.110. The van der Waals surface area contributed by atoms with E-state index in [1.54, 1.807) is 6.07 Å². The summed E-state index contributed by atoms with van der Waals surface area (Å²) in [6.07, 6.45) is 1.36. The van der Waals surface area contributed by atoms with Crippen LogP contribution in [0.15, 0.2) is 16.7 Å². The molecule has 0 radical (unpaired) electrons. The molecule has 0 aliphatic carbocycles. The van der Waals surface area contributed by atoms with Crippen molar-refractivity contribution in [2.75, 3.05) is 7.11 Å². The molecule has 2 N–H and O–H groups in total. The number of carbonyl (C=O) groups excluding carboxylic acids is 1. The number of esters is 1. The molecular weight excluding hydrogens is 162 g/mol. The van der Waals surface area contributed by atoms with Crippen LogP contribution in [0.4, 0.5) is 0 Å². The van der Waals surface area contributed by atoms with Gasteiger partial charge in [-0.05, 0) is 6.07 Å². The summed E-state index contributed by atoms with van der Waals surface area (Å²) in [5, 5.41) is 8.37. The van der Waals surface area contributed by atoms with Crippen molar-refractivity contribution in [1.29, 1.82) is 0 Å². The van der Waals surface area contributed by atoms with Gasteiger partial charge in [-0.25, -0.2) is 10.3 Å². The number of furan rings is 1. The Hall–Kier alpha value is -1.33. The van der Waals surface area contributed by atoms with E-state index in [4.69, 9.17) is 9.62 Å². The molecule has 0 amide bonds. The number of rotatable bonds is 3. The Bertz CT molecular complexity index is 268. The minimum Gasteiger partial charge on any atom is -0.463 e. The van der Waals surface area contributed by atoms with E-state index in [9.17, 15) is 4.79 Å². The van der Waals surface area contributed by atoms with Crippen LogP contribution < -0.4 is 5.48 Å². The third-order valence-corrected chi connectivity index (χ3v) is 1.39. The van der Waals surface area contributed by atoms with Gasteiger partial charge in [0, 0.05) is 12.1 Å². The molecule has 1 aromatic rings. The molecule has 0 saturated heterocycles. The molecule has 0 saturated carbocycles. The van der Waals surface area contributed by atoms with Crippen molar-refractivity contribution in [3.63, 3.8) is 0 Å². The molecule has 5 heteroatoms. The smallest absolute Gasteiger partial charge is 0.374 e. The van der Waals surface area contributed by atoms with Crippen LogP contribution in [0.2, 0.25) is 0 Å². The second-order valence-corrected chi connectivity index (χ2v) is 2.10. The van der Waals surface area contributed by atoms with Crippen LogP contribution in [0.3, 0.4) is 0 Å². The third kappa shape index (κ3) is 1.63. The maximum absolute atomic E-state index is 10.9. The Labute approximate surface area is 68.9 Å². The highest BCUT2D eigenvalue weighted by atomic mass is 16.5. The molecule has 1 rings (SSSR count). The monoisotopic (exact) mass is 171 g/mol.